The van der Waals surface area contributed by atoms with E-state index in [4.69, 9.17) is 4.42 Å². The van der Waals surface area contributed by atoms with Crippen molar-refractivity contribution in [2.24, 2.45) is 0 Å². The molecule has 0 aliphatic rings. The van der Waals surface area contributed by atoms with Crippen LogP contribution in [0.3, 0.4) is 0 Å². The van der Waals surface area contributed by atoms with Crippen molar-refractivity contribution in [1.82, 2.24) is 10.6 Å². The van der Waals surface area contributed by atoms with Crippen LogP contribution in [0.15, 0.2) is 77.6 Å². The fourth-order valence-corrected chi connectivity index (χ4v) is 2.59. The molecule has 0 radical (unpaired) electrons. The summed E-state index contributed by atoms with van der Waals surface area (Å²) in [5, 5.41) is 5.34. The molecule has 0 aliphatic heterocycles. The largest absolute Gasteiger partial charge is 0.472 e. The first-order valence-corrected chi connectivity index (χ1v) is 8.38. The Kier molecular flexibility index (Phi) is 5.49. The Morgan fingerprint density at radius 2 is 1.65 bits per heavy atom. The fraction of sp³-hybridized carbons (Fsp3) is 0.143. The molecule has 1 aromatic heterocycles. The van der Waals surface area contributed by atoms with Gasteiger partial charge in [-0.05, 0) is 29.7 Å². The Morgan fingerprint density at radius 1 is 0.923 bits per heavy atom. The highest BCUT2D eigenvalue weighted by Gasteiger charge is 2.16. The summed E-state index contributed by atoms with van der Waals surface area (Å²) in [6, 6.07) is 18.9. The van der Waals surface area contributed by atoms with Crippen molar-refractivity contribution in [3.8, 4) is 11.1 Å². The molecule has 0 fully saturated rings. The highest BCUT2D eigenvalue weighted by atomic mass is 16.3. The average molecular weight is 348 g/mol. The second-order valence-corrected chi connectivity index (χ2v) is 6.00. The second-order valence-electron chi connectivity index (χ2n) is 6.00. The van der Waals surface area contributed by atoms with Crippen LogP contribution < -0.4 is 10.6 Å². The minimum Gasteiger partial charge on any atom is -0.472 e. The standard InChI is InChI=1S/C21H20N2O3/c1-15(17-5-3-2-4-6-17)23-21(25)20(24)22-13-16-7-9-18(10-8-16)19-11-12-26-14-19/h2-12,14-15H,13H2,1H3,(H,22,24)(H,23,25)/t15-/m0/s1. The third kappa shape index (κ3) is 4.39. The second kappa shape index (κ2) is 8.16. The topological polar surface area (TPSA) is 71.3 Å². The normalized spacial score (nSPS) is 11.6. The van der Waals surface area contributed by atoms with Crippen molar-refractivity contribution >= 4 is 11.8 Å². The van der Waals surface area contributed by atoms with Gasteiger partial charge in [-0.1, -0.05) is 54.6 Å². The van der Waals surface area contributed by atoms with Crippen molar-refractivity contribution in [3.05, 3.63) is 84.3 Å². The van der Waals surface area contributed by atoms with Gasteiger partial charge in [0, 0.05) is 12.1 Å². The van der Waals surface area contributed by atoms with Gasteiger partial charge in [0.1, 0.15) is 0 Å². The Morgan fingerprint density at radius 3 is 2.31 bits per heavy atom. The summed E-state index contributed by atoms with van der Waals surface area (Å²) in [5.41, 5.74) is 3.89. The summed E-state index contributed by atoms with van der Waals surface area (Å²) in [5.74, 6) is -1.29. The molecule has 2 N–H and O–H groups in total. The van der Waals surface area contributed by atoms with Gasteiger partial charge in [0.25, 0.3) is 0 Å². The van der Waals surface area contributed by atoms with E-state index >= 15 is 0 Å². The number of hydrogen-bond donors (Lipinski definition) is 2. The number of nitrogens with one attached hydrogen (secondary N) is 2. The molecule has 0 bridgehead atoms. The van der Waals surface area contributed by atoms with Crippen LogP contribution in [0.25, 0.3) is 11.1 Å². The highest BCUT2D eigenvalue weighted by molar-refractivity contribution is 6.35. The van der Waals surface area contributed by atoms with E-state index in [1.54, 1.807) is 12.5 Å². The number of rotatable bonds is 5. The molecule has 1 heterocycles. The first-order chi connectivity index (χ1) is 12.6. The minimum absolute atomic E-state index is 0.233. The van der Waals surface area contributed by atoms with Crippen LogP contribution in [0.4, 0.5) is 0 Å². The summed E-state index contributed by atoms with van der Waals surface area (Å²) < 4.78 is 5.07. The van der Waals surface area contributed by atoms with E-state index in [-0.39, 0.29) is 12.6 Å². The predicted molar refractivity (Wildman–Crippen MR) is 99.0 cm³/mol. The zero-order valence-electron chi connectivity index (χ0n) is 14.4. The molecule has 2 amide bonds. The Balaban J connectivity index is 1.51. The zero-order chi connectivity index (χ0) is 18.4. The van der Waals surface area contributed by atoms with Crippen LogP contribution in [0.2, 0.25) is 0 Å². The lowest BCUT2D eigenvalue weighted by atomic mass is 10.1. The number of benzene rings is 2. The maximum Gasteiger partial charge on any atom is 0.309 e. The first kappa shape index (κ1) is 17.5. The lowest BCUT2D eigenvalue weighted by Gasteiger charge is -2.14. The lowest BCUT2D eigenvalue weighted by molar-refractivity contribution is -0.139. The molecule has 132 valence electrons. The Hall–Kier alpha value is -3.34. The molecule has 3 aromatic rings. The molecular weight excluding hydrogens is 328 g/mol. The molecule has 0 aliphatic carbocycles. The summed E-state index contributed by atoms with van der Waals surface area (Å²) >= 11 is 0. The van der Waals surface area contributed by atoms with Gasteiger partial charge in [0.15, 0.2) is 0 Å². The van der Waals surface area contributed by atoms with Crippen LogP contribution in [0.5, 0.6) is 0 Å². The minimum atomic E-state index is -0.647. The molecule has 5 nitrogen and oxygen atoms in total. The molecule has 0 saturated heterocycles. The first-order valence-electron chi connectivity index (χ1n) is 8.38. The number of amides is 2. The number of furan rings is 1. The van der Waals surface area contributed by atoms with Gasteiger partial charge in [0.05, 0.1) is 18.6 Å². The third-order valence-corrected chi connectivity index (χ3v) is 4.11. The maximum atomic E-state index is 12.0. The van der Waals surface area contributed by atoms with Crippen LogP contribution in [-0.2, 0) is 16.1 Å². The van der Waals surface area contributed by atoms with E-state index in [1.807, 2.05) is 67.6 Å². The van der Waals surface area contributed by atoms with Crippen molar-refractivity contribution in [2.45, 2.75) is 19.5 Å². The van der Waals surface area contributed by atoms with Gasteiger partial charge < -0.3 is 15.1 Å². The van der Waals surface area contributed by atoms with Crippen LogP contribution in [0, 0.1) is 0 Å². The third-order valence-electron chi connectivity index (χ3n) is 4.11. The zero-order valence-corrected chi connectivity index (χ0v) is 14.4. The maximum absolute atomic E-state index is 12.0. The molecule has 0 unspecified atom stereocenters. The van der Waals surface area contributed by atoms with Gasteiger partial charge in [-0.2, -0.15) is 0 Å². The van der Waals surface area contributed by atoms with E-state index in [9.17, 15) is 9.59 Å². The van der Waals surface area contributed by atoms with E-state index in [2.05, 4.69) is 10.6 Å². The van der Waals surface area contributed by atoms with Crippen molar-refractivity contribution in [3.63, 3.8) is 0 Å². The Labute approximate surface area is 152 Å². The smallest absolute Gasteiger partial charge is 0.309 e. The SMILES string of the molecule is C[C@H](NC(=O)C(=O)NCc1ccc(-c2ccoc2)cc1)c1ccccc1. The predicted octanol–water partition coefficient (Wildman–Crippen LogP) is 3.44. The van der Waals surface area contributed by atoms with Crippen LogP contribution in [-0.4, -0.2) is 11.8 Å². The van der Waals surface area contributed by atoms with Crippen LogP contribution >= 0.6 is 0 Å². The quantitative estimate of drug-likeness (QED) is 0.694. The van der Waals surface area contributed by atoms with Gasteiger partial charge in [-0.3, -0.25) is 9.59 Å². The van der Waals surface area contributed by atoms with Gasteiger partial charge in [-0.15, -0.1) is 0 Å². The number of hydrogen-bond acceptors (Lipinski definition) is 3. The van der Waals surface area contributed by atoms with Crippen LogP contribution in [0.1, 0.15) is 24.1 Å². The van der Waals surface area contributed by atoms with Gasteiger partial charge in [-0.25, -0.2) is 0 Å². The van der Waals surface area contributed by atoms with Gasteiger partial charge in [0.2, 0.25) is 0 Å². The molecule has 0 spiro atoms. The van der Waals surface area contributed by atoms with E-state index < -0.39 is 11.8 Å². The molecule has 3 rings (SSSR count). The number of carbonyl (C=O) groups excluding carboxylic acids is 2. The summed E-state index contributed by atoms with van der Waals surface area (Å²) in [4.78, 5) is 24.0. The van der Waals surface area contributed by atoms with Crippen molar-refractivity contribution < 1.29 is 14.0 Å². The molecular formula is C21H20N2O3. The van der Waals surface area contributed by atoms with Crippen molar-refractivity contribution in [1.29, 1.82) is 0 Å². The summed E-state index contributed by atoms with van der Waals surface area (Å²) in [6.45, 7) is 2.13. The molecule has 2 aromatic carbocycles. The highest BCUT2D eigenvalue weighted by Crippen LogP contribution is 2.19. The van der Waals surface area contributed by atoms with E-state index in [0.29, 0.717) is 0 Å². The lowest BCUT2D eigenvalue weighted by Crippen LogP contribution is -2.40. The summed E-state index contributed by atoms with van der Waals surface area (Å²) in [7, 11) is 0. The average Bonchev–Trinajstić information content (AvgIpc) is 3.22. The number of carbonyl (C=O) groups is 2. The summed E-state index contributed by atoms with van der Waals surface area (Å²) in [6.07, 6.45) is 3.30. The molecule has 5 heteroatoms. The molecule has 26 heavy (non-hydrogen) atoms. The monoisotopic (exact) mass is 348 g/mol. The Bertz CT molecular complexity index is 856. The molecule has 1 atom stereocenters. The van der Waals surface area contributed by atoms with E-state index in [0.717, 1.165) is 22.3 Å². The van der Waals surface area contributed by atoms with Gasteiger partial charge >= 0.3 is 11.8 Å². The van der Waals surface area contributed by atoms with E-state index in [1.165, 1.54) is 0 Å². The van der Waals surface area contributed by atoms with Crippen molar-refractivity contribution in [2.75, 3.05) is 0 Å². The molecule has 0 saturated carbocycles. The fourth-order valence-electron chi connectivity index (χ4n) is 2.59.